The molecule has 0 radical (unpaired) electrons. The molecule has 0 aromatic rings. The van der Waals surface area contributed by atoms with Crippen molar-refractivity contribution >= 4 is 11.8 Å². The highest BCUT2D eigenvalue weighted by Gasteiger charge is 2.46. The van der Waals surface area contributed by atoms with Crippen LogP contribution in [0.25, 0.3) is 0 Å². The van der Waals surface area contributed by atoms with E-state index >= 15 is 0 Å². The van der Waals surface area contributed by atoms with Crippen molar-refractivity contribution < 1.29 is 19.8 Å². The minimum atomic E-state index is -1.22. The molecule has 6 heteroatoms. The molecule has 0 unspecified atom stereocenters. The molecule has 0 spiro atoms. The van der Waals surface area contributed by atoms with Gasteiger partial charge in [-0.2, -0.15) is 0 Å². The van der Waals surface area contributed by atoms with Crippen molar-refractivity contribution in [1.82, 2.24) is 10.2 Å². The van der Waals surface area contributed by atoms with Gasteiger partial charge in [0.2, 0.25) is 11.8 Å². The van der Waals surface area contributed by atoms with Crippen LogP contribution in [0.1, 0.15) is 33.6 Å². The number of β-amino-alcohol motifs (C(OH)–C–C–N with tert-alkyl or cyclic N) is 1. The van der Waals surface area contributed by atoms with Crippen molar-refractivity contribution in [2.75, 3.05) is 6.54 Å². The van der Waals surface area contributed by atoms with E-state index in [1.807, 2.05) is 6.92 Å². The second-order valence-electron chi connectivity index (χ2n) is 4.96. The fourth-order valence-corrected chi connectivity index (χ4v) is 2.10. The van der Waals surface area contributed by atoms with E-state index in [0.29, 0.717) is 12.8 Å². The van der Waals surface area contributed by atoms with Crippen molar-refractivity contribution in [1.29, 1.82) is 0 Å². The SMILES string of the molecule is CCCC(=O)N1C[C@H](O)[C@H](O)[C@H]1C(=O)NC(C)C. The number of carbonyl (C=O) groups excluding carboxylic acids is 2. The molecule has 1 fully saturated rings. The Morgan fingerprint density at radius 2 is 2.00 bits per heavy atom. The maximum atomic E-state index is 12.0. The van der Waals surface area contributed by atoms with E-state index in [4.69, 9.17) is 0 Å². The number of hydrogen-bond donors (Lipinski definition) is 3. The molecule has 1 rings (SSSR count). The van der Waals surface area contributed by atoms with E-state index in [1.165, 1.54) is 4.90 Å². The summed E-state index contributed by atoms with van der Waals surface area (Å²) in [6.45, 7) is 5.47. The van der Waals surface area contributed by atoms with Crippen LogP contribution in [0.2, 0.25) is 0 Å². The number of nitrogens with one attached hydrogen (secondary N) is 1. The maximum absolute atomic E-state index is 12.0. The lowest BCUT2D eigenvalue weighted by Crippen LogP contribution is -2.51. The summed E-state index contributed by atoms with van der Waals surface area (Å²) in [6.07, 6.45) is -1.30. The Hall–Kier alpha value is -1.14. The number of rotatable bonds is 4. The summed E-state index contributed by atoms with van der Waals surface area (Å²) < 4.78 is 0. The van der Waals surface area contributed by atoms with Gasteiger partial charge < -0.3 is 20.4 Å². The lowest BCUT2D eigenvalue weighted by Gasteiger charge is -2.25. The number of aliphatic hydroxyl groups excluding tert-OH is 2. The van der Waals surface area contributed by atoms with Gasteiger partial charge in [-0.15, -0.1) is 0 Å². The topological polar surface area (TPSA) is 89.9 Å². The van der Waals surface area contributed by atoms with Gasteiger partial charge in [-0.3, -0.25) is 9.59 Å². The number of carbonyl (C=O) groups is 2. The Bertz CT molecular complexity index is 319. The predicted octanol–water partition coefficient (Wildman–Crippen LogP) is -0.756. The number of amides is 2. The van der Waals surface area contributed by atoms with Gasteiger partial charge in [0.1, 0.15) is 12.1 Å². The minimum Gasteiger partial charge on any atom is -0.388 e. The molecule has 2 amide bonds. The van der Waals surface area contributed by atoms with E-state index < -0.39 is 24.2 Å². The van der Waals surface area contributed by atoms with Gasteiger partial charge in [-0.05, 0) is 20.3 Å². The van der Waals surface area contributed by atoms with Crippen LogP contribution < -0.4 is 5.32 Å². The van der Waals surface area contributed by atoms with Gasteiger partial charge in [0.15, 0.2) is 0 Å². The molecule has 1 saturated heterocycles. The molecular formula is C12H22N2O4. The predicted molar refractivity (Wildman–Crippen MR) is 65.7 cm³/mol. The van der Waals surface area contributed by atoms with Gasteiger partial charge >= 0.3 is 0 Å². The Morgan fingerprint density at radius 3 is 2.50 bits per heavy atom. The molecule has 0 bridgehead atoms. The highest BCUT2D eigenvalue weighted by atomic mass is 16.3. The zero-order valence-electron chi connectivity index (χ0n) is 11.1. The van der Waals surface area contributed by atoms with Crippen LogP contribution in [0, 0.1) is 0 Å². The van der Waals surface area contributed by atoms with Crippen LogP contribution in [-0.2, 0) is 9.59 Å². The molecule has 3 atom stereocenters. The molecule has 0 saturated carbocycles. The zero-order chi connectivity index (χ0) is 13.9. The Labute approximate surface area is 107 Å². The Kier molecular flexibility index (Phi) is 5.10. The van der Waals surface area contributed by atoms with Gasteiger partial charge in [0, 0.05) is 12.5 Å². The van der Waals surface area contributed by atoms with Crippen molar-refractivity contribution in [2.24, 2.45) is 0 Å². The van der Waals surface area contributed by atoms with Crippen molar-refractivity contribution in [3.63, 3.8) is 0 Å². The van der Waals surface area contributed by atoms with Crippen LogP contribution >= 0.6 is 0 Å². The normalized spacial score (nSPS) is 27.7. The van der Waals surface area contributed by atoms with Crippen molar-refractivity contribution in [3.05, 3.63) is 0 Å². The van der Waals surface area contributed by atoms with Crippen LogP contribution in [0.15, 0.2) is 0 Å². The summed E-state index contributed by atoms with van der Waals surface area (Å²) >= 11 is 0. The highest BCUT2D eigenvalue weighted by molar-refractivity contribution is 5.89. The van der Waals surface area contributed by atoms with Crippen molar-refractivity contribution in [3.8, 4) is 0 Å². The first-order valence-electron chi connectivity index (χ1n) is 6.34. The van der Waals surface area contributed by atoms with E-state index in [1.54, 1.807) is 13.8 Å². The van der Waals surface area contributed by atoms with E-state index in [9.17, 15) is 19.8 Å². The lowest BCUT2D eigenvalue weighted by atomic mass is 10.1. The van der Waals surface area contributed by atoms with Gasteiger partial charge in [-0.1, -0.05) is 6.92 Å². The average Bonchev–Trinajstić information content (AvgIpc) is 2.55. The van der Waals surface area contributed by atoms with E-state index in [0.717, 1.165) is 0 Å². The fraction of sp³-hybridized carbons (Fsp3) is 0.833. The number of hydrogen-bond acceptors (Lipinski definition) is 4. The van der Waals surface area contributed by atoms with Gasteiger partial charge in [-0.25, -0.2) is 0 Å². The molecule has 18 heavy (non-hydrogen) atoms. The molecule has 1 heterocycles. The second-order valence-corrected chi connectivity index (χ2v) is 4.96. The first kappa shape index (κ1) is 14.9. The summed E-state index contributed by atoms with van der Waals surface area (Å²) in [5.41, 5.74) is 0. The molecule has 104 valence electrons. The van der Waals surface area contributed by atoms with E-state index in [-0.39, 0.29) is 18.5 Å². The van der Waals surface area contributed by atoms with Gasteiger partial charge in [0.25, 0.3) is 0 Å². The summed E-state index contributed by atoms with van der Waals surface area (Å²) in [6, 6.07) is -1.06. The minimum absolute atomic E-state index is 0.0101. The monoisotopic (exact) mass is 258 g/mol. The van der Waals surface area contributed by atoms with Crippen LogP contribution in [0.5, 0.6) is 0 Å². The molecule has 3 N–H and O–H groups in total. The largest absolute Gasteiger partial charge is 0.388 e. The van der Waals surface area contributed by atoms with E-state index in [2.05, 4.69) is 5.32 Å². The van der Waals surface area contributed by atoms with Crippen LogP contribution in [0.4, 0.5) is 0 Å². The smallest absolute Gasteiger partial charge is 0.245 e. The third-order valence-electron chi connectivity index (χ3n) is 2.92. The number of likely N-dealkylation sites (tertiary alicyclic amines) is 1. The standard InChI is InChI=1S/C12H22N2O4/c1-4-5-9(16)14-6-8(15)11(17)10(14)12(18)13-7(2)3/h7-8,10-11,15,17H,4-6H2,1-3H3,(H,13,18)/t8-,10-,11-/m0/s1. The summed E-state index contributed by atoms with van der Waals surface area (Å²) in [7, 11) is 0. The summed E-state index contributed by atoms with van der Waals surface area (Å²) in [4.78, 5) is 25.1. The lowest BCUT2D eigenvalue weighted by molar-refractivity contribution is -0.140. The molecule has 1 aliphatic heterocycles. The molecular weight excluding hydrogens is 236 g/mol. The van der Waals surface area contributed by atoms with Gasteiger partial charge in [0.05, 0.1) is 12.6 Å². The van der Waals surface area contributed by atoms with Crippen LogP contribution in [0.3, 0.4) is 0 Å². The maximum Gasteiger partial charge on any atom is 0.245 e. The van der Waals surface area contributed by atoms with Crippen LogP contribution in [-0.4, -0.2) is 57.8 Å². The fourth-order valence-electron chi connectivity index (χ4n) is 2.10. The third-order valence-corrected chi connectivity index (χ3v) is 2.92. The molecule has 0 aromatic carbocycles. The molecule has 1 aliphatic rings. The summed E-state index contributed by atoms with van der Waals surface area (Å²) in [5, 5.41) is 22.1. The molecule has 6 nitrogen and oxygen atoms in total. The average molecular weight is 258 g/mol. The molecule has 0 aromatic heterocycles. The number of aliphatic hydroxyl groups is 2. The first-order chi connectivity index (χ1) is 8.38. The van der Waals surface area contributed by atoms with Crippen molar-refractivity contribution in [2.45, 2.75) is 57.9 Å². The Balaban J connectivity index is 2.82. The quantitative estimate of drug-likeness (QED) is 0.618. The Morgan fingerprint density at radius 1 is 1.39 bits per heavy atom. The second kappa shape index (κ2) is 6.15. The highest BCUT2D eigenvalue weighted by Crippen LogP contribution is 2.20. The first-order valence-corrected chi connectivity index (χ1v) is 6.34. The number of nitrogens with zero attached hydrogens (tertiary/aromatic N) is 1. The molecule has 0 aliphatic carbocycles. The third kappa shape index (κ3) is 3.20. The zero-order valence-corrected chi connectivity index (χ0v) is 11.1. The summed E-state index contributed by atoms with van der Waals surface area (Å²) in [5.74, 6) is -0.629.